The number of aromatic nitrogens is 2. The molecule has 2 nitrogen and oxygen atoms in total. The van der Waals surface area contributed by atoms with Gasteiger partial charge in [-0.1, -0.05) is 23.2 Å². The molecule has 0 radical (unpaired) electrons. The molecule has 1 aromatic heterocycles. The van der Waals surface area contributed by atoms with E-state index < -0.39 is 0 Å². The Morgan fingerprint density at radius 3 is 2.67 bits per heavy atom. The summed E-state index contributed by atoms with van der Waals surface area (Å²) < 4.78 is 2.27. The molecule has 4 heteroatoms. The molecule has 0 spiro atoms. The number of hydrogen-bond acceptors (Lipinski definition) is 1. The van der Waals surface area contributed by atoms with E-state index in [0.29, 0.717) is 11.2 Å². The van der Waals surface area contributed by atoms with Crippen molar-refractivity contribution in [2.75, 3.05) is 0 Å². The minimum atomic E-state index is 0.458. The molecule has 0 aliphatic carbocycles. The van der Waals surface area contributed by atoms with Gasteiger partial charge in [-0.2, -0.15) is 0 Å². The topological polar surface area (TPSA) is 17.8 Å². The van der Waals surface area contributed by atoms with E-state index in [4.69, 9.17) is 23.2 Å². The molecule has 18 heavy (non-hydrogen) atoms. The van der Waals surface area contributed by atoms with Crippen LogP contribution in [0.25, 0.3) is 11.4 Å². The van der Waals surface area contributed by atoms with Gasteiger partial charge in [-0.05, 0) is 50.5 Å². The molecule has 0 saturated heterocycles. The highest BCUT2D eigenvalue weighted by atomic mass is 35.5. The summed E-state index contributed by atoms with van der Waals surface area (Å²) in [6, 6.07) is 8.23. The Bertz CT molecular complexity index is 572. The second-order valence-electron chi connectivity index (χ2n) is 4.79. The molecule has 0 N–H and O–H groups in total. The summed E-state index contributed by atoms with van der Waals surface area (Å²) in [7, 11) is 0. The largest absolute Gasteiger partial charge is 0.324 e. The number of fused-ring (bicyclic) bond motifs is 1. The zero-order valence-corrected chi connectivity index (χ0v) is 11.7. The van der Waals surface area contributed by atoms with Crippen molar-refractivity contribution in [1.29, 1.82) is 0 Å². The average molecular weight is 281 g/mol. The first-order chi connectivity index (χ1) is 8.66. The fourth-order valence-corrected chi connectivity index (χ4v) is 3.03. The Kier molecular flexibility index (Phi) is 3.08. The summed E-state index contributed by atoms with van der Waals surface area (Å²) in [6.45, 7) is 2.22. The maximum Gasteiger partial charge on any atom is 0.150 e. The van der Waals surface area contributed by atoms with E-state index in [2.05, 4.69) is 16.5 Å². The van der Waals surface area contributed by atoms with Gasteiger partial charge in [0.05, 0.1) is 5.69 Å². The van der Waals surface area contributed by atoms with Crippen LogP contribution in [0, 0.1) is 0 Å². The summed E-state index contributed by atoms with van der Waals surface area (Å²) >= 11 is 12.2. The van der Waals surface area contributed by atoms with Gasteiger partial charge in [0.1, 0.15) is 5.82 Å². The molecule has 94 valence electrons. The van der Waals surface area contributed by atoms with Crippen molar-refractivity contribution in [2.45, 2.75) is 32.2 Å². The highest BCUT2D eigenvalue weighted by Gasteiger charge is 2.24. The van der Waals surface area contributed by atoms with Gasteiger partial charge in [0.15, 0.2) is 5.15 Å². The normalized spacial score (nSPS) is 18.7. The van der Waals surface area contributed by atoms with Crippen LogP contribution in [-0.4, -0.2) is 9.55 Å². The number of rotatable bonds is 1. The second-order valence-corrected chi connectivity index (χ2v) is 5.59. The summed E-state index contributed by atoms with van der Waals surface area (Å²) in [5, 5.41) is 1.38. The molecule has 1 aliphatic rings. The SMILES string of the molecule is CC1CCCc2c(Cl)nc(-c3ccc(Cl)cc3)n21. The van der Waals surface area contributed by atoms with E-state index in [1.807, 2.05) is 24.3 Å². The molecule has 2 heterocycles. The van der Waals surface area contributed by atoms with Gasteiger partial charge in [0, 0.05) is 16.6 Å². The fourth-order valence-electron chi connectivity index (χ4n) is 2.63. The van der Waals surface area contributed by atoms with E-state index in [1.54, 1.807) is 0 Å². The molecule has 2 aromatic rings. The van der Waals surface area contributed by atoms with E-state index in [-0.39, 0.29) is 0 Å². The Balaban J connectivity index is 2.15. The number of nitrogens with zero attached hydrogens (tertiary/aromatic N) is 2. The van der Waals surface area contributed by atoms with E-state index in [1.165, 1.54) is 18.5 Å². The highest BCUT2D eigenvalue weighted by molar-refractivity contribution is 6.30. The van der Waals surface area contributed by atoms with Gasteiger partial charge in [0.25, 0.3) is 0 Å². The average Bonchev–Trinajstić information content (AvgIpc) is 2.70. The van der Waals surface area contributed by atoms with Crippen LogP contribution in [0.15, 0.2) is 24.3 Å². The molecule has 1 aromatic carbocycles. The van der Waals surface area contributed by atoms with Crippen LogP contribution in [0.3, 0.4) is 0 Å². The molecule has 1 aliphatic heterocycles. The predicted molar refractivity (Wildman–Crippen MR) is 75.3 cm³/mol. The first-order valence-electron chi connectivity index (χ1n) is 6.19. The lowest BCUT2D eigenvalue weighted by Gasteiger charge is -2.24. The smallest absolute Gasteiger partial charge is 0.150 e. The Morgan fingerprint density at radius 1 is 1.22 bits per heavy atom. The fraction of sp³-hybridized carbons (Fsp3) is 0.357. The first-order valence-corrected chi connectivity index (χ1v) is 6.95. The molecule has 0 bridgehead atoms. The number of hydrogen-bond donors (Lipinski definition) is 0. The Morgan fingerprint density at radius 2 is 1.94 bits per heavy atom. The molecular formula is C14H14Cl2N2. The van der Waals surface area contributed by atoms with Crippen molar-refractivity contribution in [3.63, 3.8) is 0 Å². The van der Waals surface area contributed by atoms with Crippen LogP contribution in [-0.2, 0) is 6.42 Å². The Hall–Kier alpha value is -0.990. The minimum absolute atomic E-state index is 0.458. The van der Waals surface area contributed by atoms with Gasteiger partial charge in [-0.25, -0.2) is 4.98 Å². The lowest BCUT2D eigenvalue weighted by molar-refractivity contribution is 0.436. The molecule has 0 saturated carbocycles. The predicted octanol–water partition coefficient (Wildman–Crippen LogP) is 4.75. The molecule has 3 rings (SSSR count). The number of benzene rings is 1. The summed E-state index contributed by atoms with van der Waals surface area (Å²) in [5.74, 6) is 0.957. The lowest BCUT2D eigenvalue weighted by atomic mass is 10.0. The van der Waals surface area contributed by atoms with E-state index >= 15 is 0 Å². The van der Waals surface area contributed by atoms with Crippen molar-refractivity contribution >= 4 is 23.2 Å². The third kappa shape index (κ3) is 1.94. The molecule has 0 fully saturated rings. The maximum absolute atomic E-state index is 6.25. The highest BCUT2D eigenvalue weighted by Crippen LogP contribution is 2.35. The Labute approximate surface area is 117 Å². The quantitative estimate of drug-likeness (QED) is 0.737. The molecule has 1 unspecified atom stereocenters. The minimum Gasteiger partial charge on any atom is -0.324 e. The number of imidazole rings is 1. The van der Waals surface area contributed by atoms with Crippen molar-refractivity contribution in [3.05, 3.63) is 40.1 Å². The molecular weight excluding hydrogens is 267 g/mol. The van der Waals surface area contributed by atoms with Gasteiger partial charge < -0.3 is 4.57 Å². The van der Waals surface area contributed by atoms with Crippen LogP contribution in [0.4, 0.5) is 0 Å². The third-order valence-corrected chi connectivity index (χ3v) is 4.09. The monoisotopic (exact) mass is 280 g/mol. The third-order valence-electron chi connectivity index (χ3n) is 3.54. The zero-order valence-electron chi connectivity index (χ0n) is 10.2. The first kappa shape index (κ1) is 12.1. The number of halogens is 2. The van der Waals surface area contributed by atoms with Crippen molar-refractivity contribution < 1.29 is 0 Å². The molecule has 0 amide bonds. The summed E-state index contributed by atoms with van der Waals surface area (Å²) in [4.78, 5) is 4.53. The van der Waals surface area contributed by atoms with Crippen LogP contribution in [0.1, 0.15) is 31.5 Å². The van der Waals surface area contributed by atoms with Crippen molar-refractivity contribution in [2.24, 2.45) is 0 Å². The van der Waals surface area contributed by atoms with Gasteiger partial charge >= 0.3 is 0 Å². The van der Waals surface area contributed by atoms with Crippen molar-refractivity contribution in [1.82, 2.24) is 9.55 Å². The zero-order chi connectivity index (χ0) is 12.7. The van der Waals surface area contributed by atoms with Gasteiger partial charge in [-0.15, -0.1) is 0 Å². The second kappa shape index (κ2) is 4.60. The van der Waals surface area contributed by atoms with E-state index in [9.17, 15) is 0 Å². The van der Waals surface area contributed by atoms with Crippen molar-refractivity contribution in [3.8, 4) is 11.4 Å². The summed E-state index contributed by atoms with van der Waals surface area (Å²) in [5.41, 5.74) is 2.24. The summed E-state index contributed by atoms with van der Waals surface area (Å²) in [6.07, 6.45) is 3.39. The standard InChI is InChI=1S/C14H14Cl2N2/c1-9-3-2-4-12-13(16)17-14(18(9)12)10-5-7-11(15)8-6-10/h5-9H,2-4H2,1H3. The van der Waals surface area contributed by atoms with Crippen LogP contribution in [0.2, 0.25) is 10.2 Å². The van der Waals surface area contributed by atoms with Crippen LogP contribution < -0.4 is 0 Å². The molecule has 1 atom stereocenters. The lowest BCUT2D eigenvalue weighted by Crippen LogP contribution is -2.15. The van der Waals surface area contributed by atoms with E-state index in [0.717, 1.165) is 22.8 Å². The maximum atomic E-state index is 6.25. The van der Waals surface area contributed by atoms with Gasteiger partial charge in [0.2, 0.25) is 0 Å². The van der Waals surface area contributed by atoms with Crippen LogP contribution >= 0.6 is 23.2 Å². The van der Waals surface area contributed by atoms with Gasteiger partial charge in [-0.3, -0.25) is 0 Å². The van der Waals surface area contributed by atoms with Crippen LogP contribution in [0.5, 0.6) is 0 Å².